The molecule has 2 amide bonds. The molecule has 0 aliphatic carbocycles. The molecule has 12 nitrogen and oxygen atoms in total. The minimum absolute atomic E-state index is 0.0921. The number of hydrogen-bond acceptors (Lipinski definition) is 8. The Morgan fingerprint density at radius 2 is 1.59 bits per heavy atom. The predicted molar refractivity (Wildman–Crippen MR) is 132 cm³/mol. The number of carbonyl (C=O) groups excluding carboxylic acids is 2. The largest absolute Gasteiger partial charge is 0.467 e. The SMILES string of the molecule is COCCCN(CC(=O)N(Cc1ccccc1)Cc1ccco1)C(=O)c1cc([N+](=O)[O-])cc([N+](=O)[O-])c1. The smallest absolute Gasteiger partial charge is 0.277 e. The summed E-state index contributed by atoms with van der Waals surface area (Å²) in [5.74, 6) is -0.587. The van der Waals surface area contributed by atoms with Crippen LogP contribution in [0.2, 0.25) is 0 Å². The molecule has 0 spiro atoms. The molecule has 2 aromatic carbocycles. The molecule has 1 heterocycles. The minimum atomic E-state index is -0.810. The monoisotopic (exact) mass is 510 g/mol. The first-order chi connectivity index (χ1) is 17.8. The number of ether oxygens (including phenoxy) is 1. The first-order valence-corrected chi connectivity index (χ1v) is 11.3. The van der Waals surface area contributed by atoms with Crippen LogP contribution in [-0.4, -0.2) is 58.3 Å². The summed E-state index contributed by atoms with van der Waals surface area (Å²) in [4.78, 5) is 50.5. The number of methoxy groups -OCH3 is 1. The Hall–Kier alpha value is -4.58. The summed E-state index contributed by atoms with van der Waals surface area (Å²) < 4.78 is 10.5. The zero-order chi connectivity index (χ0) is 26.8. The third-order valence-electron chi connectivity index (χ3n) is 5.46. The zero-order valence-corrected chi connectivity index (χ0v) is 20.1. The van der Waals surface area contributed by atoms with Gasteiger partial charge in [0.15, 0.2) is 0 Å². The van der Waals surface area contributed by atoms with Crippen molar-refractivity contribution in [3.8, 4) is 0 Å². The Labute approximate surface area is 212 Å². The highest BCUT2D eigenvalue weighted by Crippen LogP contribution is 2.24. The first-order valence-electron chi connectivity index (χ1n) is 11.3. The van der Waals surface area contributed by atoms with E-state index in [4.69, 9.17) is 9.15 Å². The minimum Gasteiger partial charge on any atom is -0.467 e. The van der Waals surface area contributed by atoms with Gasteiger partial charge in [-0.15, -0.1) is 0 Å². The topological polar surface area (TPSA) is 149 Å². The van der Waals surface area contributed by atoms with Crippen molar-refractivity contribution in [2.24, 2.45) is 0 Å². The highest BCUT2D eigenvalue weighted by Gasteiger charge is 2.26. The molecular weight excluding hydrogens is 484 g/mol. The van der Waals surface area contributed by atoms with E-state index in [2.05, 4.69) is 0 Å². The van der Waals surface area contributed by atoms with Gasteiger partial charge in [-0.25, -0.2) is 0 Å². The van der Waals surface area contributed by atoms with Gasteiger partial charge in [-0.3, -0.25) is 29.8 Å². The van der Waals surface area contributed by atoms with Crippen molar-refractivity contribution in [2.75, 3.05) is 26.8 Å². The lowest BCUT2D eigenvalue weighted by atomic mass is 10.1. The summed E-state index contributed by atoms with van der Waals surface area (Å²) in [5.41, 5.74) is -0.575. The van der Waals surface area contributed by atoms with Crippen molar-refractivity contribution in [2.45, 2.75) is 19.5 Å². The molecule has 0 N–H and O–H groups in total. The van der Waals surface area contributed by atoms with Gasteiger partial charge in [-0.1, -0.05) is 30.3 Å². The number of non-ortho nitro benzene ring substituents is 2. The number of hydrogen-bond donors (Lipinski definition) is 0. The van der Waals surface area contributed by atoms with Crippen molar-refractivity contribution in [1.82, 2.24) is 9.80 Å². The Kier molecular flexibility index (Phi) is 9.44. The van der Waals surface area contributed by atoms with Crippen LogP contribution in [0.4, 0.5) is 11.4 Å². The fourth-order valence-corrected chi connectivity index (χ4v) is 3.65. The van der Waals surface area contributed by atoms with Crippen molar-refractivity contribution in [3.05, 3.63) is 104 Å². The van der Waals surface area contributed by atoms with E-state index < -0.39 is 33.0 Å². The molecule has 194 valence electrons. The lowest BCUT2D eigenvalue weighted by Gasteiger charge is -2.27. The van der Waals surface area contributed by atoms with Crippen molar-refractivity contribution < 1.29 is 28.6 Å². The number of rotatable bonds is 13. The molecular formula is C25H26N4O8. The fourth-order valence-electron chi connectivity index (χ4n) is 3.65. The Morgan fingerprint density at radius 3 is 2.16 bits per heavy atom. The van der Waals surface area contributed by atoms with Gasteiger partial charge in [0, 0.05) is 38.9 Å². The van der Waals surface area contributed by atoms with E-state index in [1.807, 2.05) is 30.3 Å². The molecule has 0 fully saturated rings. The Balaban J connectivity index is 1.89. The number of amides is 2. The van der Waals surface area contributed by atoms with E-state index in [-0.39, 0.29) is 31.7 Å². The van der Waals surface area contributed by atoms with E-state index in [1.54, 1.807) is 12.1 Å². The summed E-state index contributed by atoms with van der Waals surface area (Å²) >= 11 is 0. The van der Waals surface area contributed by atoms with E-state index in [9.17, 15) is 29.8 Å². The van der Waals surface area contributed by atoms with Gasteiger partial charge < -0.3 is 19.0 Å². The highest BCUT2D eigenvalue weighted by atomic mass is 16.6. The predicted octanol–water partition coefficient (Wildman–Crippen LogP) is 3.80. The second kappa shape index (κ2) is 12.9. The fraction of sp³-hybridized carbons (Fsp3) is 0.280. The highest BCUT2D eigenvalue weighted by molar-refractivity contribution is 5.97. The van der Waals surface area contributed by atoms with Gasteiger partial charge in [0.05, 0.1) is 34.3 Å². The van der Waals surface area contributed by atoms with Crippen LogP contribution in [0.5, 0.6) is 0 Å². The average molecular weight is 511 g/mol. The van der Waals surface area contributed by atoms with E-state index >= 15 is 0 Å². The molecule has 1 aromatic heterocycles. The van der Waals surface area contributed by atoms with Gasteiger partial charge in [-0.2, -0.15) is 0 Å². The number of furan rings is 1. The van der Waals surface area contributed by atoms with Gasteiger partial charge in [-0.05, 0) is 24.1 Å². The van der Waals surface area contributed by atoms with E-state index in [0.717, 1.165) is 23.8 Å². The number of benzene rings is 2. The standard InChI is InChI=1S/C25H26N4O8/c1-36-11-6-10-26(25(31)20-13-21(28(32)33)15-22(14-20)29(34)35)18-24(30)27(17-23-9-5-12-37-23)16-19-7-3-2-4-8-19/h2-5,7-9,12-15H,6,10-11,16-18H2,1H3. The lowest BCUT2D eigenvalue weighted by Crippen LogP contribution is -2.43. The molecule has 0 aliphatic heterocycles. The molecule has 3 aromatic rings. The second-order valence-electron chi connectivity index (χ2n) is 8.14. The van der Waals surface area contributed by atoms with Gasteiger partial charge in [0.2, 0.25) is 5.91 Å². The van der Waals surface area contributed by atoms with Crippen molar-refractivity contribution in [3.63, 3.8) is 0 Å². The quantitative estimate of drug-likeness (QED) is 0.191. The normalized spacial score (nSPS) is 10.6. The molecule has 0 unspecified atom stereocenters. The molecule has 0 saturated heterocycles. The van der Waals surface area contributed by atoms with Crippen LogP contribution in [0.15, 0.2) is 71.3 Å². The van der Waals surface area contributed by atoms with Crippen LogP contribution in [0.1, 0.15) is 28.1 Å². The number of nitrogens with zero attached hydrogens (tertiary/aromatic N) is 4. The molecule has 3 rings (SSSR count). The molecule has 0 radical (unpaired) electrons. The van der Waals surface area contributed by atoms with Gasteiger partial charge >= 0.3 is 0 Å². The molecule has 0 atom stereocenters. The van der Waals surface area contributed by atoms with Crippen molar-refractivity contribution >= 4 is 23.2 Å². The van der Waals surface area contributed by atoms with Crippen LogP contribution in [0.25, 0.3) is 0 Å². The summed E-state index contributed by atoms with van der Waals surface area (Å²) in [6.45, 7) is 0.445. The van der Waals surface area contributed by atoms with E-state index in [0.29, 0.717) is 18.8 Å². The van der Waals surface area contributed by atoms with Gasteiger partial charge in [0.1, 0.15) is 12.3 Å². The maximum absolute atomic E-state index is 13.4. The maximum atomic E-state index is 13.4. The zero-order valence-electron chi connectivity index (χ0n) is 20.1. The Bertz CT molecular complexity index is 1200. The van der Waals surface area contributed by atoms with Crippen LogP contribution < -0.4 is 0 Å². The molecule has 12 heteroatoms. The summed E-state index contributed by atoms with van der Waals surface area (Å²) in [7, 11) is 1.49. The first kappa shape index (κ1) is 27.0. The number of nitro benzene ring substituents is 2. The van der Waals surface area contributed by atoms with Crippen LogP contribution in [0.3, 0.4) is 0 Å². The summed E-state index contributed by atoms with van der Waals surface area (Å²) in [6.07, 6.45) is 1.87. The molecule has 0 aliphatic rings. The number of nitro groups is 2. The van der Waals surface area contributed by atoms with Crippen molar-refractivity contribution in [1.29, 1.82) is 0 Å². The summed E-state index contributed by atoms with van der Waals surface area (Å²) in [6, 6.07) is 15.4. The molecule has 0 saturated carbocycles. The van der Waals surface area contributed by atoms with Crippen LogP contribution in [-0.2, 0) is 22.6 Å². The number of carbonyl (C=O) groups is 2. The lowest BCUT2D eigenvalue weighted by molar-refractivity contribution is -0.394. The summed E-state index contributed by atoms with van der Waals surface area (Å²) in [5, 5.41) is 22.6. The Morgan fingerprint density at radius 1 is 0.919 bits per heavy atom. The molecule has 37 heavy (non-hydrogen) atoms. The maximum Gasteiger partial charge on any atom is 0.277 e. The van der Waals surface area contributed by atoms with Crippen LogP contribution >= 0.6 is 0 Å². The third-order valence-corrected chi connectivity index (χ3v) is 5.46. The second-order valence-corrected chi connectivity index (χ2v) is 8.14. The van der Waals surface area contributed by atoms with Gasteiger partial charge in [0.25, 0.3) is 17.3 Å². The average Bonchev–Trinajstić information content (AvgIpc) is 3.41. The third kappa shape index (κ3) is 7.70. The van der Waals surface area contributed by atoms with Crippen LogP contribution in [0, 0.1) is 20.2 Å². The molecule has 0 bridgehead atoms. The van der Waals surface area contributed by atoms with E-state index in [1.165, 1.54) is 23.2 Å².